The fourth-order valence-electron chi connectivity index (χ4n) is 2.10. The van der Waals surface area contributed by atoms with Crippen LogP contribution in [0, 0.1) is 20.8 Å². The molecule has 0 saturated heterocycles. The summed E-state index contributed by atoms with van der Waals surface area (Å²) in [6, 6.07) is 0. The number of aryl methyl sites for hydroxylation is 1. The highest BCUT2D eigenvalue weighted by atomic mass is 31.2. The smallest absolute Gasteiger partial charge is 0.324 e. The first-order valence-electron chi connectivity index (χ1n) is 5.65. The van der Waals surface area contributed by atoms with Crippen LogP contribution in [0.2, 0.25) is 0 Å². The largest absolute Gasteiger partial charge is 0.333 e. The van der Waals surface area contributed by atoms with Crippen LogP contribution in [-0.4, -0.2) is 21.0 Å². The fraction of sp³-hybridized carbons (Fsp3) is 0.455. The molecule has 2 rings (SSSR count). The summed E-state index contributed by atoms with van der Waals surface area (Å²) in [6.07, 6.45) is -0.310. The molecule has 0 saturated carbocycles. The van der Waals surface area contributed by atoms with Gasteiger partial charge in [-0.05, 0) is 20.8 Å². The molecule has 2 aromatic heterocycles. The van der Waals surface area contributed by atoms with Gasteiger partial charge in [0.2, 0.25) is 0 Å². The molecule has 1 unspecified atom stereocenters. The molecular formula is C11H15N2O5P. The molecule has 0 amide bonds. The lowest BCUT2D eigenvalue weighted by Crippen LogP contribution is -2.23. The first kappa shape index (κ1) is 14.0. The van der Waals surface area contributed by atoms with Gasteiger partial charge in [-0.3, -0.25) is 18.7 Å². The van der Waals surface area contributed by atoms with Gasteiger partial charge in [0, 0.05) is 23.9 Å². The van der Waals surface area contributed by atoms with Crippen molar-refractivity contribution in [1.29, 1.82) is 0 Å². The van der Waals surface area contributed by atoms with E-state index < -0.39 is 18.7 Å². The minimum Gasteiger partial charge on any atom is -0.324 e. The van der Waals surface area contributed by atoms with Crippen LogP contribution in [0.4, 0.5) is 0 Å². The second-order valence-corrected chi connectivity index (χ2v) is 6.45. The lowest BCUT2D eigenvalue weighted by molar-refractivity contribution is 0.313. The Balaban J connectivity index is 2.86. The van der Waals surface area contributed by atoms with Gasteiger partial charge in [0.15, 0.2) is 0 Å². The van der Waals surface area contributed by atoms with Crippen LogP contribution in [0.25, 0.3) is 0 Å². The predicted molar refractivity (Wildman–Crippen MR) is 69.3 cm³/mol. The van der Waals surface area contributed by atoms with Crippen LogP contribution in [0.1, 0.15) is 22.5 Å². The van der Waals surface area contributed by atoms with E-state index in [9.17, 15) is 19.0 Å². The highest BCUT2D eigenvalue weighted by Crippen LogP contribution is 2.44. The summed E-state index contributed by atoms with van der Waals surface area (Å²) in [4.78, 5) is 33.6. The molecule has 0 fully saturated rings. The molecule has 0 aliphatic rings. The Morgan fingerprint density at radius 2 is 1.63 bits per heavy atom. The van der Waals surface area contributed by atoms with E-state index in [1.54, 1.807) is 13.8 Å². The lowest BCUT2D eigenvalue weighted by atomic mass is 10.2. The zero-order valence-electron chi connectivity index (χ0n) is 11.1. The summed E-state index contributed by atoms with van der Waals surface area (Å²) >= 11 is 0. The SMILES string of the molecule is COP(=O)(O)Cc1c(C)c(=O)n2c(=O)c(C)c(C)n12. The molecule has 2 heterocycles. The van der Waals surface area contributed by atoms with Crippen LogP contribution in [0.15, 0.2) is 9.59 Å². The monoisotopic (exact) mass is 286 g/mol. The molecule has 0 bridgehead atoms. The maximum atomic E-state index is 12.0. The van der Waals surface area contributed by atoms with Crippen molar-refractivity contribution >= 4 is 7.60 Å². The molecular weight excluding hydrogens is 271 g/mol. The van der Waals surface area contributed by atoms with Gasteiger partial charge in [0.25, 0.3) is 11.1 Å². The van der Waals surface area contributed by atoms with Gasteiger partial charge in [-0.15, -0.1) is 0 Å². The van der Waals surface area contributed by atoms with Crippen molar-refractivity contribution in [1.82, 2.24) is 9.03 Å². The first-order chi connectivity index (χ1) is 8.71. The van der Waals surface area contributed by atoms with Gasteiger partial charge in [0.1, 0.15) is 0 Å². The topological polar surface area (TPSA) is 89.5 Å². The first-order valence-corrected chi connectivity index (χ1v) is 7.41. The van der Waals surface area contributed by atoms with Crippen molar-refractivity contribution < 1.29 is 14.0 Å². The van der Waals surface area contributed by atoms with Crippen LogP contribution in [-0.2, 0) is 15.3 Å². The van der Waals surface area contributed by atoms with Crippen molar-refractivity contribution in [3.63, 3.8) is 0 Å². The van der Waals surface area contributed by atoms with E-state index in [2.05, 4.69) is 4.52 Å². The molecule has 2 aromatic rings. The Hall–Kier alpha value is -1.43. The zero-order chi connectivity index (χ0) is 14.5. The van der Waals surface area contributed by atoms with Gasteiger partial charge in [0.05, 0.1) is 11.9 Å². The number of hydrogen-bond acceptors (Lipinski definition) is 4. The molecule has 0 radical (unpaired) electrons. The number of fused-ring (bicyclic) bond motifs is 1. The zero-order valence-corrected chi connectivity index (χ0v) is 12.0. The number of aromatic nitrogens is 2. The molecule has 0 aliphatic carbocycles. The number of nitrogens with zero attached hydrogens (tertiary/aromatic N) is 2. The summed E-state index contributed by atoms with van der Waals surface area (Å²) in [5.74, 6) is 0. The molecule has 1 N–H and O–H groups in total. The van der Waals surface area contributed by atoms with Crippen molar-refractivity contribution in [2.24, 2.45) is 0 Å². The number of hydrogen-bond donors (Lipinski definition) is 1. The summed E-state index contributed by atoms with van der Waals surface area (Å²) in [5, 5.41) is 0. The Kier molecular flexibility index (Phi) is 3.16. The maximum absolute atomic E-state index is 12.0. The fourth-order valence-corrected chi connectivity index (χ4v) is 2.98. The van der Waals surface area contributed by atoms with E-state index in [0.29, 0.717) is 17.0 Å². The normalized spacial score (nSPS) is 15.0. The van der Waals surface area contributed by atoms with Crippen molar-refractivity contribution in [2.75, 3.05) is 7.11 Å². The lowest BCUT2D eigenvalue weighted by Gasteiger charge is -2.09. The summed E-state index contributed by atoms with van der Waals surface area (Å²) < 4.78 is 18.6. The second-order valence-electron chi connectivity index (χ2n) is 4.49. The molecule has 0 aliphatic heterocycles. The Bertz CT molecular complexity index is 804. The van der Waals surface area contributed by atoms with E-state index in [1.165, 1.54) is 11.4 Å². The van der Waals surface area contributed by atoms with E-state index in [-0.39, 0.29) is 11.7 Å². The van der Waals surface area contributed by atoms with E-state index in [4.69, 9.17) is 0 Å². The van der Waals surface area contributed by atoms with Crippen molar-refractivity contribution in [3.8, 4) is 0 Å². The van der Waals surface area contributed by atoms with Crippen LogP contribution in [0.3, 0.4) is 0 Å². The Morgan fingerprint density at radius 3 is 2.16 bits per heavy atom. The van der Waals surface area contributed by atoms with Gasteiger partial charge in [-0.2, -0.15) is 4.52 Å². The molecule has 0 aromatic carbocycles. The third kappa shape index (κ3) is 1.94. The Labute approximate surface area is 108 Å². The summed E-state index contributed by atoms with van der Waals surface area (Å²) in [7, 11) is -2.68. The molecule has 7 nitrogen and oxygen atoms in total. The predicted octanol–water partition coefficient (Wildman–Crippen LogP) is 0.454. The quantitative estimate of drug-likeness (QED) is 0.828. The van der Waals surface area contributed by atoms with Gasteiger partial charge < -0.3 is 9.42 Å². The summed E-state index contributed by atoms with van der Waals surface area (Å²) in [6.45, 7) is 4.83. The van der Waals surface area contributed by atoms with Crippen molar-refractivity contribution in [2.45, 2.75) is 26.9 Å². The second kappa shape index (κ2) is 4.30. The van der Waals surface area contributed by atoms with Crippen LogP contribution < -0.4 is 11.1 Å². The minimum absolute atomic E-state index is 0.284. The standard InChI is InChI=1S/C11H15N2O5P/c1-6-8(3)12-9(5-19(16,17)18-4)7(2)11(15)13(12)10(6)14/h5H2,1-4H3,(H,16,17). The van der Waals surface area contributed by atoms with Crippen molar-refractivity contribution in [3.05, 3.63) is 43.2 Å². The molecule has 8 heteroatoms. The van der Waals surface area contributed by atoms with E-state index >= 15 is 0 Å². The van der Waals surface area contributed by atoms with E-state index in [1.807, 2.05) is 0 Å². The minimum atomic E-state index is -3.81. The molecule has 19 heavy (non-hydrogen) atoms. The van der Waals surface area contributed by atoms with Gasteiger partial charge in [-0.25, -0.2) is 0 Å². The molecule has 1 atom stereocenters. The Morgan fingerprint density at radius 1 is 1.11 bits per heavy atom. The highest BCUT2D eigenvalue weighted by molar-refractivity contribution is 7.51. The molecule has 104 valence electrons. The number of rotatable bonds is 3. The highest BCUT2D eigenvalue weighted by Gasteiger charge is 2.26. The van der Waals surface area contributed by atoms with Gasteiger partial charge >= 0.3 is 7.60 Å². The average molecular weight is 286 g/mol. The van der Waals surface area contributed by atoms with E-state index in [0.717, 1.165) is 11.6 Å². The van der Waals surface area contributed by atoms with Crippen LogP contribution >= 0.6 is 7.60 Å². The molecule has 0 spiro atoms. The van der Waals surface area contributed by atoms with Crippen LogP contribution in [0.5, 0.6) is 0 Å². The average Bonchev–Trinajstić information content (AvgIpc) is 2.72. The summed E-state index contributed by atoms with van der Waals surface area (Å²) in [5.41, 5.74) is 0.783. The third-order valence-corrected chi connectivity index (χ3v) is 4.68. The maximum Gasteiger partial charge on any atom is 0.333 e. The van der Waals surface area contributed by atoms with Gasteiger partial charge in [-0.1, -0.05) is 0 Å². The third-order valence-electron chi connectivity index (χ3n) is 3.41.